The highest BCUT2D eigenvalue weighted by atomic mass is 79.9. The highest BCUT2D eigenvalue weighted by molar-refractivity contribution is 9.10. The molecule has 0 radical (unpaired) electrons. The zero-order valence-corrected chi connectivity index (χ0v) is 16.8. The van der Waals surface area contributed by atoms with E-state index in [4.69, 9.17) is 9.47 Å². The number of phenolic OH excluding ortho intramolecular Hbond substituents is 1. The number of carbonyl (C=O) groups is 1. The second-order valence-corrected chi connectivity index (χ2v) is 6.63. The van der Waals surface area contributed by atoms with Gasteiger partial charge in [-0.15, -0.1) is 0 Å². The molecule has 0 heterocycles. The lowest BCUT2D eigenvalue weighted by Gasteiger charge is -2.09. The topological polar surface area (TPSA) is 80.2 Å². The summed E-state index contributed by atoms with van der Waals surface area (Å²) in [5, 5.41) is 15.7. The molecule has 0 unspecified atom stereocenters. The number of amides is 1. The van der Waals surface area contributed by atoms with Crippen molar-refractivity contribution in [3.8, 4) is 17.2 Å². The van der Waals surface area contributed by atoms with Gasteiger partial charge in [0.1, 0.15) is 5.75 Å². The molecule has 0 bridgehead atoms. The second kappa shape index (κ2) is 9.23. The van der Waals surface area contributed by atoms with Crippen LogP contribution in [0.15, 0.2) is 64.2 Å². The van der Waals surface area contributed by atoms with E-state index in [1.54, 1.807) is 12.1 Å². The van der Waals surface area contributed by atoms with Crippen LogP contribution in [0, 0.1) is 0 Å². The summed E-state index contributed by atoms with van der Waals surface area (Å²) in [7, 11) is 0. The summed E-state index contributed by atoms with van der Waals surface area (Å²) in [5.41, 5.74) is 3.09. The van der Waals surface area contributed by atoms with Crippen LogP contribution in [0.3, 0.4) is 0 Å². The molecule has 28 heavy (non-hydrogen) atoms. The number of carbonyl (C=O) groups excluding carboxylic acids is 1. The fraction of sp³-hybridized carbons (Fsp3) is 0.143. The molecule has 0 fully saturated rings. The van der Waals surface area contributed by atoms with Crippen LogP contribution in [-0.4, -0.2) is 30.4 Å². The highest BCUT2D eigenvalue weighted by Crippen LogP contribution is 2.33. The van der Waals surface area contributed by atoms with Gasteiger partial charge in [0.15, 0.2) is 18.1 Å². The van der Waals surface area contributed by atoms with Crippen molar-refractivity contribution in [2.24, 2.45) is 5.10 Å². The molecule has 0 saturated carbocycles. The average molecular weight is 443 g/mol. The van der Waals surface area contributed by atoms with Crippen molar-refractivity contribution in [1.82, 2.24) is 5.43 Å². The van der Waals surface area contributed by atoms with Gasteiger partial charge in [0.25, 0.3) is 5.91 Å². The molecule has 3 rings (SSSR count). The molecule has 0 atom stereocenters. The Kier molecular flexibility index (Phi) is 6.49. The number of benzene rings is 3. The van der Waals surface area contributed by atoms with Crippen LogP contribution in [0.5, 0.6) is 17.2 Å². The van der Waals surface area contributed by atoms with Gasteiger partial charge in [-0.3, -0.25) is 4.79 Å². The summed E-state index contributed by atoms with van der Waals surface area (Å²) in [6.45, 7) is 2.09. The summed E-state index contributed by atoms with van der Waals surface area (Å²) in [4.78, 5) is 12.0. The lowest BCUT2D eigenvalue weighted by molar-refractivity contribution is -0.123. The monoisotopic (exact) mass is 442 g/mol. The van der Waals surface area contributed by atoms with E-state index in [1.165, 1.54) is 12.3 Å². The van der Waals surface area contributed by atoms with E-state index in [0.717, 1.165) is 15.2 Å². The number of hydrogen-bond acceptors (Lipinski definition) is 5. The Hall–Kier alpha value is -3.06. The summed E-state index contributed by atoms with van der Waals surface area (Å²) >= 11 is 3.52. The molecule has 0 saturated heterocycles. The molecule has 144 valence electrons. The van der Waals surface area contributed by atoms with Gasteiger partial charge in [-0.05, 0) is 63.5 Å². The molecule has 0 aliphatic carbocycles. The summed E-state index contributed by atoms with van der Waals surface area (Å²) in [6, 6.07) is 16.4. The van der Waals surface area contributed by atoms with Gasteiger partial charge in [0, 0.05) is 0 Å². The van der Waals surface area contributed by atoms with Gasteiger partial charge in [-0.25, -0.2) is 5.43 Å². The zero-order valence-electron chi connectivity index (χ0n) is 15.2. The average Bonchev–Trinajstić information content (AvgIpc) is 2.70. The van der Waals surface area contributed by atoms with Crippen molar-refractivity contribution in [2.75, 3.05) is 13.2 Å². The molecule has 0 aliphatic heterocycles. The van der Waals surface area contributed by atoms with Crippen LogP contribution >= 0.6 is 15.9 Å². The SMILES string of the molecule is CCOc1cc(/C=N/NC(=O)COc2ccc3ccccc3c2Br)ccc1O. The van der Waals surface area contributed by atoms with Crippen molar-refractivity contribution in [2.45, 2.75) is 6.92 Å². The summed E-state index contributed by atoms with van der Waals surface area (Å²) in [6.07, 6.45) is 1.46. The van der Waals surface area contributed by atoms with Gasteiger partial charge >= 0.3 is 0 Å². The number of aromatic hydroxyl groups is 1. The second-order valence-electron chi connectivity index (χ2n) is 5.84. The largest absolute Gasteiger partial charge is 0.504 e. The van der Waals surface area contributed by atoms with E-state index >= 15 is 0 Å². The van der Waals surface area contributed by atoms with Crippen LogP contribution in [-0.2, 0) is 4.79 Å². The molecular formula is C21H19BrN2O4. The third-order valence-electron chi connectivity index (χ3n) is 3.87. The molecule has 0 aliphatic rings. The molecule has 6 nitrogen and oxygen atoms in total. The summed E-state index contributed by atoms with van der Waals surface area (Å²) in [5.74, 6) is 0.609. The van der Waals surface area contributed by atoms with Gasteiger partial charge < -0.3 is 14.6 Å². The lowest BCUT2D eigenvalue weighted by Crippen LogP contribution is -2.24. The highest BCUT2D eigenvalue weighted by Gasteiger charge is 2.08. The van der Waals surface area contributed by atoms with Crippen LogP contribution in [0.1, 0.15) is 12.5 Å². The number of rotatable bonds is 7. The molecule has 7 heteroatoms. The van der Waals surface area contributed by atoms with Crippen molar-refractivity contribution in [1.29, 1.82) is 0 Å². The first-order valence-corrected chi connectivity index (χ1v) is 9.45. The van der Waals surface area contributed by atoms with E-state index in [1.807, 2.05) is 43.3 Å². The van der Waals surface area contributed by atoms with Crippen molar-refractivity contribution in [3.63, 3.8) is 0 Å². The van der Waals surface area contributed by atoms with Crippen molar-refractivity contribution >= 4 is 38.8 Å². The number of hydrazone groups is 1. The Bertz CT molecular complexity index is 1020. The Morgan fingerprint density at radius 2 is 1.96 bits per heavy atom. The molecule has 2 N–H and O–H groups in total. The number of hydrogen-bond donors (Lipinski definition) is 2. The Morgan fingerprint density at radius 1 is 1.14 bits per heavy atom. The normalized spacial score (nSPS) is 10.9. The maximum Gasteiger partial charge on any atom is 0.277 e. The number of phenols is 1. The third-order valence-corrected chi connectivity index (χ3v) is 4.69. The van der Waals surface area contributed by atoms with E-state index in [-0.39, 0.29) is 18.3 Å². The first kappa shape index (κ1) is 19.7. The molecule has 0 spiro atoms. The minimum atomic E-state index is -0.389. The first-order valence-electron chi connectivity index (χ1n) is 8.66. The predicted molar refractivity (Wildman–Crippen MR) is 112 cm³/mol. The number of fused-ring (bicyclic) bond motifs is 1. The van der Waals surface area contributed by atoms with Gasteiger partial charge in [0.05, 0.1) is 17.3 Å². The number of halogens is 1. The van der Waals surface area contributed by atoms with Crippen LogP contribution in [0.25, 0.3) is 10.8 Å². The minimum absolute atomic E-state index is 0.0531. The van der Waals surface area contributed by atoms with Gasteiger partial charge in [-0.1, -0.05) is 30.3 Å². The van der Waals surface area contributed by atoms with Gasteiger partial charge in [-0.2, -0.15) is 5.10 Å². The molecule has 3 aromatic rings. The van der Waals surface area contributed by atoms with Crippen LogP contribution in [0.4, 0.5) is 0 Å². The van der Waals surface area contributed by atoms with Gasteiger partial charge in [0.2, 0.25) is 0 Å². The standard InChI is InChI=1S/C21H19BrN2O4/c1-2-27-19-11-14(7-9-17(19)25)12-23-24-20(26)13-28-18-10-8-15-5-3-4-6-16(15)21(18)22/h3-12,25H,2,13H2,1H3,(H,24,26)/b23-12+. The molecule has 0 aromatic heterocycles. The van der Waals surface area contributed by atoms with Crippen molar-refractivity contribution in [3.05, 3.63) is 64.6 Å². The zero-order chi connectivity index (χ0) is 19.9. The third kappa shape index (κ3) is 4.80. The van der Waals surface area contributed by atoms with E-state index in [0.29, 0.717) is 23.7 Å². The smallest absolute Gasteiger partial charge is 0.277 e. The van der Waals surface area contributed by atoms with Crippen molar-refractivity contribution < 1.29 is 19.4 Å². The van der Waals surface area contributed by atoms with Crippen LogP contribution in [0.2, 0.25) is 0 Å². The van der Waals surface area contributed by atoms with E-state index in [9.17, 15) is 9.90 Å². The number of nitrogens with one attached hydrogen (secondary N) is 1. The maximum absolute atomic E-state index is 12.0. The predicted octanol–water partition coefficient (Wildman–Crippen LogP) is 4.24. The first-order chi connectivity index (χ1) is 13.6. The fourth-order valence-electron chi connectivity index (χ4n) is 2.56. The fourth-order valence-corrected chi connectivity index (χ4v) is 3.17. The number of ether oxygens (including phenoxy) is 2. The Labute approximate surface area is 170 Å². The Balaban J connectivity index is 1.57. The van der Waals surface area contributed by atoms with E-state index in [2.05, 4.69) is 26.5 Å². The number of nitrogens with zero attached hydrogens (tertiary/aromatic N) is 1. The van der Waals surface area contributed by atoms with Crippen LogP contribution < -0.4 is 14.9 Å². The lowest BCUT2D eigenvalue weighted by atomic mass is 10.1. The maximum atomic E-state index is 12.0. The minimum Gasteiger partial charge on any atom is -0.504 e. The van der Waals surface area contributed by atoms with E-state index < -0.39 is 0 Å². The Morgan fingerprint density at radius 3 is 2.79 bits per heavy atom. The molecule has 3 aromatic carbocycles. The quantitative estimate of drug-likeness (QED) is 0.423. The summed E-state index contributed by atoms with van der Waals surface area (Å²) < 4.78 is 11.7. The molecular weight excluding hydrogens is 424 g/mol. The molecule has 1 amide bonds.